The molecule has 10 heteroatoms. The number of aliphatic hydroxyl groups is 4. The molecule has 4 fully saturated rings. The molecule has 3 aliphatic heterocycles. The van der Waals surface area contributed by atoms with E-state index in [1.807, 2.05) is 0 Å². The second kappa shape index (κ2) is 6.67. The van der Waals surface area contributed by atoms with Crippen LogP contribution in [0.4, 0.5) is 0 Å². The van der Waals surface area contributed by atoms with Crippen LogP contribution < -0.4 is 0 Å². The van der Waals surface area contributed by atoms with Crippen LogP contribution in [0.5, 0.6) is 0 Å². The fourth-order valence-electron chi connectivity index (χ4n) is 5.78. The molecule has 0 aromatic rings. The molecule has 0 aromatic heterocycles. The van der Waals surface area contributed by atoms with Crippen molar-refractivity contribution in [2.45, 2.75) is 73.7 Å². The molecule has 9 unspecified atom stereocenters. The summed E-state index contributed by atoms with van der Waals surface area (Å²) in [6, 6.07) is 0. The van der Waals surface area contributed by atoms with Gasteiger partial charge in [-0.25, -0.2) is 4.79 Å². The summed E-state index contributed by atoms with van der Waals surface area (Å²) < 4.78 is 23.1. The van der Waals surface area contributed by atoms with Gasteiger partial charge in [0.25, 0.3) is 0 Å². The van der Waals surface area contributed by atoms with Crippen molar-refractivity contribution in [2.24, 2.45) is 5.92 Å². The molecule has 0 aromatic carbocycles. The predicted molar refractivity (Wildman–Crippen MR) is 100 cm³/mol. The minimum Gasteiger partial charge on any atom is -0.447 e. The SMILES string of the molecule is C=C1C(=O)OC23CC1CCC1(COC4OC(CO)C(O)C(O)C4O)OC12C(=O)C=C3C. The first-order chi connectivity index (χ1) is 14.6. The molecule has 5 aliphatic rings. The second-order valence-electron chi connectivity index (χ2n) is 9.16. The Kier molecular flexibility index (Phi) is 4.56. The van der Waals surface area contributed by atoms with Crippen LogP contribution in [0.3, 0.4) is 0 Å². The van der Waals surface area contributed by atoms with E-state index in [-0.39, 0.29) is 18.3 Å². The maximum atomic E-state index is 13.1. The number of carbonyl (C=O) groups excluding carboxylic acids is 2. The first-order valence-electron chi connectivity index (χ1n) is 10.4. The van der Waals surface area contributed by atoms with E-state index in [1.54, 1.807) is 6.92 Å². The highest BCUT2D eigenvalue weighted by molar-refractivity contribution is 6.07. The third-order valence-corrected chi connectivity index (χ3v) is 7.63. The first-order valence-corrected chi connectivity index (χ1v) is 10.4. The molecule has 9 atom stereocenters. The van der Waals surface area contributed by atoms with Gasteiger partial charge in [-0.15, -0.1) is 0 Å². The van der Waals surface area contributed by atoms with Crippen LogP contribution in [0, 0.1) is 5.92 Å². The Bertz CT molecular complexity index is 881. The molecule has 170 valence electrons. The normalized spacial score (nSPS) is 50.9. The maximum Gasteiger partial charge on any atom is 0.334 e. The summed E-state index contributed by atoms with van der Waals surface area (Å²) in [5.74, 6) is -1.00. The van der Waals surface area contributed by atoms with Crippen molar-refractivity contribution >= 4 is 11.8 Å². The lowest BCUT2D eigenvalue weighted by molar-refractivity contribution is -0.303. The third-order valence-electron chi connectivity index (χ3n) is 7.63. The number of hydrogen-bond acceptors (Lipinski definition) is 10. The highest BCUT2D eigenvalue weighted by Crippen LogP contribution is 2.69. The lowest BCUT2D eigenvalue weighted by atomic mass is 9.73. The zero-order valence-electron chi connectivity index (χ0n) is 17.0. The summed E-state index contributed by atoms with van der Waals surface area (Å²) in [6.45, 7) is 4.83. The quantitative estimate of drug-likeness (QED) is 0.231. The monoisotopic (exact) mass is 438 g/mol. The van der Waals surface area contributed by atoms with Crippen molar-refractivity contribution in [3.05, 3.63) is 23.8 Å². The van der Waals surface area contributed by atoms with Gasteiger partial charge in [0.05, 0.1) is 13.2 Å². The van der Waals surface area contributed by atoms with Crippen LogP contribution in [0.15, 0.2) is 23.8 Å². The Labute approximate surface area is 178 Å². The molecule has 3 saturated heterocycles. The Morgan fingerprint density at radius 2 is 1.97 bits per heavy atom. The molecule has 10 nitrogen and oxygen atoms in total. The van der Waals surface area contributed by atoms with Crippen molar-refractivity contribution in [3.63, 3.8) is 0 Å². The largest absolute Gasteiger partial charge is 0.447 e. The predicted octanol–water partition coefficient (Wildman–Crippen LogP) is -1.51. The molecule has 2 spiro atoms. The van der Waals surface area contributed by atoms with E-state index in [9.17, 15) is 30.0 Å². The number of carbonyl (C=O) groups is 2. The zero-order chi connectivity index (χ0) is 22.3. The van der Waals surface area contributed by atoms with E-state index < -0.39 is 60.1 Å². The molecule has 2 aliphatic carbocycles. The number of ketones is 1. The van der Waals surface area contributed by atoms with E-state index in [1.165, 1.54) is 6.08 Å². The van der Waals surface area contributed by atoms with Gasteiger partial charge >= 0.3 is 5.97 Å². The number of aliphatic hydroxyl groups excluding tert-OH is 4. The fourth-order valence-corrected chi connectivity index (χ4v) is 5.78. The number of rotatable bonds is 4. The van der Waals surface area contributed by atoms with Crippen LogP contribution in [0.25, 0.3) is 0 Å². The van der Waals surface area contributed by atoms with Crippen molar-refractivity contribution in [1.82, 2.24) is 0 Å². The lowest BCUT2D eigenvalue weighted by Crippen LogP contribution is -2.60. The van der Waals surface area contributed by atoms with Gasteiger partial charge in [0.15, 0.2) is 17.7 Å². The summed E-state index contributed by atoms with van der Waals surface area (Å²) in [5.41, 5.74) is -2.78. The number of ether oxygens (including phenoxy) is 4. The molecule has 31 heavy (non-hydrogen) atoms. The summed E-state index contributed by atoms with van der Waals surface area (Å²) in [7, 11) is 0. The van der Waals surface area contributed by atoms with Gasteiger partial charge in [0, 0.05) is 12.0 Å². The number of fused-ring (bicyclic) bond motifs is 1. The van der Waals surface area contributed by atoms with Crippen molar-refractivity contribution in [2.75, 3.05) is 13.2 Å². The first kappa shape index (κ1) is 21.2. The minimum atomic E-state index is -1.58. The van der Waals surface area contributed by atoms with Crippen LogP contribution in [0.1, 0.15) is 26.2 Å². The van der Waals surface area contributed by atoms with Crippen LogP contribution in [0.2, 0.25) is 0 Å². The average Bonchev–Trinajstić information content (AvgIpc) is 3.39. The molecule has 1 saturated carbocycles. The molecule has 3 heterocycles. The van der Waals surface area contributed by atoms with E-state index in [0.717, 1.165) is 0 Å². The second-order valence-corrected chi connectivity index (χ2v) is 9.16. The van der Waals surface area contributed by atoms with E-state index >= 15 is 0 Å². The Hall–Kier alpha value is -1.66. The maximum absolute atomic E-state index is 13.1. The molecular weight excluding hydrogens is 412 g/mol. The summed E-state index contributed by atoms with van der Waals surface area (Å²) in [5, 5.41) is 39.6. The third kappa shape index (κ3) is 2.52. The number of epoxide rings is 1. The van der Waals surface area contributed by atoms with Crippen molar-refractivity contribution < 1.29 is 49.0 Å². The molecule has 4 N–H and O–H groups in total. The Morgan fingerprint density at radius 1 is 1.23 bits per heavy atom. The Morgan fingerprint density at radius 3 is 2.68 bits per heavy atom. The minimum absolute atomic E-state index is 0.159. The zero-order valence-corrected chi connectivity index (χ0v) is 17.0. The van der Waals surface area contributed by atoms with E-state index in [2.05, 4.69) is 6.58 Å². The van der Waals surface area contributed by atoms with Gasteiger partial charge in [-0.05, 0) is 37.3 Å². The van der Waals surface area contributed by atoms with E-state index in [4.69, 9.17) is 18.9 Å². The van der Waals surface area contributed by atoms with Crippen molar-refractivity contribution in [1.29, 1.82) is 0 Å². The number of esters is 1. The highest BCUT2D eigenvalue weighted by atomic mass is 16.7. The molecule has 2 bridgehead atoms. The van der Waals surface area contributed by atoms with Crippen molar-refractivity contribution in [3.8, 4) is 0 Å². The molecule has 0 radical (unpaired) electrons. The standard InChI is InChI=1S/C21H26O10/c1-9-5-13(23)21-19(31-21,4-3-11-6-20(9,21)30-17(27)10(11)2)8-28-18-16(26)15(25)14(24)12(7-22)29-18/h5,11-12,14-16,18,22,24-26H,2-4,6-8H2,1H3. The van der Waals surface area contributed by atoms with Crippen LogP contribution in [-0.2, 0) is 28.5 Å². The van der Waals surface area contributed by atoms with Gasteiger partial charge in [0.2, 0.25) is 5.60 Å². The van der Waals surface area contributed by atoms with E-state index in [0.29, 0.717) is 30.4 Å². The molecular formula is C21H26O10. The Balaban J connectivity index is 1.43. The van der Waals surface area contributed by atoms with Gasteiger partial charge < -0.3 is 39.4 Å². The lowest BCUT2D eigenvalue weighted by Gasteiger charge is -2.41. The van der Waals surface area contributed by atoms with Gasteiger partial charge in [-0.2, -0.15) is 0 Å². The van der Waals surface area contributed by atoms with Crippen LogP contribution in [-0.4, -0.2) is 92.9 Å². The summed E-state index contributed by atoms with van der Waals surface area (Å²) >= 11 is 0. The number of hydrogen-bond donors (Lipinski definition) is 4. The molecule has 5 rings (SSSR count). The summed E-state index contributed by atoms with van der Waals surface area (Å²) in [6.07, 6.45) is -4.36. The average molecular weight is 438 g/mol. The van der Waals surface area contributed by atoms with Gasteiger partial charge in [-0.1, -0.05) is 6.58 Å². The summed E-state index contributed by atoms with van der Waals surface area (Å²) in [4.78, 5) is 25.6. The topological polar surface area (TPSA) is 155 Å². The van der Waals surface area contributed by atoms with Gasteiger partial charge in [0.1, 0.15) is 30.0 Å². The fraction of sp³-hybridized carbons (Fsp3) is 0.714. The molecule has 0 amide bonds. The smallest absolute Gasteiger partial charge is 0.334 e. The van der Waals surface area contributed by atoms with Gasteiger partial charge in [-0.3, -0.25) is 4.79 Å². The van der Waals surface area contributed by atoms with Crippen LogP contribution >= 0.6 is 0 Å². The highest BCUT2D eigenvalue weighted by Gasteiger charge is 2.87.